The SMILES string of the molecule is CC(=O)O[C@@H]1[C@@H](OC(C)=O)[C@@H](OCCCCI)O[C@H](CO[Si](c2ccccc2)(c2ccccc2)C(C)(C)C)[C@H]1OC(C)=O. The van der Waals surface area contributed by atoms with Gasteiger partial charge in [-0.1, -0.05) is 104 Å². The minimum absolute atomic E-state index is 0.0105. The van der Waals surface area contributed by atoms with Gasteiger partial charge in [0.25, 0.3) is 8.32 Å². The van der Waals surface area contributed by atoms with Crippen LogP contribution < -0.4 is 10.4 Å². The van der Waals surface area contributed by atoms with Crippen LogP contribution in [-0.2, 0) is 42.5 Å². The van der Waals surface area contributed by atoms with Crippen LogP contribution in [0.2, 0.25) is 5.04 Å². The molecule has 0 spiro atoms. The van der Waals surface area contributed by atoms with Gasteiger partial charge in [0.1, 0.15) is 6.10 Å². The molecule has 1 saturated heterocycles. The molecule has 0 radical (unpaired) electrons. The lowest BCUT2D eigenvalue weighted by Gasteiger charge is -2.47. The Hall–Kier alpha value is -2.32. The largest absolute Gasteiger partial charge is 0.456 e. The Kier molecular flexibility index (Phi) is 13.2. The van der Waals surface area contributed by atoms with Gasteiger partial charge in [-0.2, -0.15) is 0 Å². The molecule has 236 valence electrons. The molecule has 2 aromatic rings. The lowest BCUT2D eigenvalue weighted by molar-refractivity contribution is -0.307. The van der Waals surface area contributed by atoms with E-state index in [0.29, 0.717) is 6.61 Å². The molecule has 5 atom stereocenters. The van der Waals surface area contributed by atoms with Gasteiger partial charge in [0, 0.05) is 27.4 Å². The zero-order valence-corrected chi connectivity index (χ0v) is 28.9. The molecule has 0 N–H and O–H groups in total. The van der Waals surface area contributed by atoms with E-state index in [4.69, 9.17) is 28.1 Å². The van der Waals surface area contributed by atoms with Crippen LogP contribution in [-0.4, -0.2) is 74.6 Å². The molecule has 11 heteroatoms. The predicted octanol–water partition coefficient (Wildman–Crippen LogP) is 4.31. The van der Waals surface area contributed by atoms with E-state index in [1.807, 2.05) is 36.4 Å². The summed E-state index contributed by atoms with van der Waals surface area (Å²) in [5, 5.41) is 1.80. The highest BCUT2D eigenvalue weighted by atomic mass is 127. The molecule has 0 aromatic heterocycles. The van der Waals surface area contributed by atoms with E-state index >= 15 is 0 Å². The van der Waals surface area contributed by atoms with Crippen LogP contribution in [0.3, 0.4) is 0 Å². The molecule has 43 heavy (non-hydrogen) atoms. The van der Waals surface area contributed by atoms with Crippen molar-refractivity contribution in [3.63, 3.8) is 0 Å². The summed E-state index contributed by atoms with van der Waals surface area (Å²) in [5.41, 5.74) is 0. The Balaban J connectivity index is 2.09. The number of alkyl halides is 1. The second-order valence-corrected chi connectivity index (χ2v) is 16.9. The van der Waals surface area contributed by atoms with Gasteiger partial charge in [-0.3, -0.25) is 14.4 Å². The van der Waals surface area contributed by atoms with Crippen molar-refractivity contribution in [2.75, 3.05) is 17.6 Å². The van der Waals surface area contributed by atoms with Crippen molar-refractivity contribution in [3.05, 3.63) is 60.7 Å². The smallest absolute Gasteiger partial charge is 0.303 e. The zero-order chi connectivity index (χ0) is 31.6. The standard InChI is InChI=1S/C32H43IO9Si/c1-22(34)39-28-27(42-31(37-20-14-13-19-33)30(41-24(3)36)29(28)40-23(2)35)21-38-43(32(4,5)6,25-15-9-7-10-16-25)26-17-11-8-12-18-26/h7-12,15-18,27-31H,13-14,19-21H2,1-6H3/t27-,28-,29+,30-,31+/m1/s1. The minimum Gasteiger partial charge on any atom is -0.456 e. The van der Waals surface area contributed by atoms with Gasteiger partial charge in [0.15, 0.2) is 24.6 Å². The van der Waals surface area contributed by atoms with Crippen molar-refractivity contribution in [1.29, 1.82) is 0 Å². The molecule has 1 fully saturated rings. The fraction of sp³-hybridized carbons (Fsp3) is 0.531. The third-order valence-corrected chi connectivity index (χ3v) is 13.0. The van der Waals surface area contributed by atoms with Gasteiger partial charge in [-0.05, 0) is 32.7 Å². The Morgan fingerprint density at radius 1 is 0.767 bits per heavy atom. The predicted molar refractivity (Wildman–Crippen MR) is 173 cm³/mol. The van der Waals surface area contributed by atoms with E-state index in [1.54, 1.807) is 0 Å². The molecule has 0 saturated carbocycles. The summed E-state index contributed by atoms with van der Waals surface area (Å²) in [5.74, 6) is -1.85. The highest BCUT2D eigenvalue weighted by molar-refractivity contribution is 14.1. The van der Waals surface area contributed by atoms with Crippen molar-refractivity contribution in [3.8, 4) is 0 Å². The van der Waals surface area contributed by atoms with Crippen LogP contribution in [0.5, 0.6) is 0 Å². The Labute approximate surface area is 269 Å². The first-order valence-corrected chi connectivity index (χ1v) is 17.9. The van der Waals surface area contributed by atoms with E-state index in [2.05, 4.69) is 67.6 Å². The summed E-state index contributed by atoms with van der Waals surface area (Å²) < 4.78 is 37.5. The zero-order valence-electron chi connectivity index (χ0n) is 25.7. The number of halogens is 1. The Morgan fingerprint density at radius 3 is 1.72 bits per heavy atom. The average Bonchev–Trinajstić information content (AvgIpc) is 2.94. The van der Waals surface area contributed by atoms with Crippen LogP contribution in [0.4, 0.5) is 0 Å². The highest BCUT2D eigenvalue weighted by Gasteiger charge is 2.55. The van der Waals surface area contributed by atoms with Crippen molar-refractivity contribution < 1.29 is 42.5 Å². The topological polar surface area (TPSA) is 107 Å². The number of unbranched alkanes of at least 4 members (excludes halogenated alkanes) is 1. The average molecular weight is 727 g/mol. The summed E-state index contributed by atoms with van der Waals surface area (Å²) in [4.78, 5) is 36.8. The van der Waals surface area contributed by atoms with Gasteiger partial charge in [0.05, 0.1) is 6.61 Å². The molecule has 0 aliphatic carbocycles. The number of hydrogen-bond acceptors (Lipinski definition) is 9. The van der Waals surface area contributed by atoms with Gasteiger partial charge < -0.3 is 28.1 Å². The third kappa shape index (κ3) is 9.10. The summed E-state index contributed by atoms with van der Waals surface area (Å²) in [7, 11) is -3.01. The lowest BCUT2D eigenvalue weighted by atomic mass is 9.98. The maximum Gasteiger partial charge on any atom is 0.303 e. The fourth-order valence-corrected chi connectivity index (χ4v) is 10.6. The maximum absolute atomic E-state index is 12.4. The Bertz CT molecular complexity index is 1150. The number of carbonyl (C=O) groups is 3. The summed E-state index contributed by atoms with van der Waals surface area (Å²) in [6.45, 7) is 10.5. The molecule has 1 aliphatic rings. The van der Waals surface area contributed by atoms with Crippen molar-refractivity contribution >= 4 is 59.2 Å². The monoisotopic (exact) mass is 726 g/mol. The minimum atomic E-state index is -3.01. The molecular formula is C32H43IO9Si. The van der Waals surface area contributed by atoms with E-state index in [0.717, 1.165) is 27.6 Å². The number of benzene rings is 2. The fourth-order valence-electron chi connectivity index (χ4n) is 5.49. The van der Waals surface area contributed by atoms with Gasteiger partial charge >= 0.3 is 17.9 Å². The third-order valence-electron chi connectivity index (χ3n) is 7.19. The van der Waals surface area contributed by atoms with Crippen LogP contribution >= 0.6 is 22.6 Å². The maximum atomic E-state index is 12.4. The number of ether oxygens (including phenoxy) is 5. The van der Waals surface area contributed by atoms with Crippen molar-refractivity contribution in [2.45, 2.75) is 90.1 Å². The molecule has 2 aromatic carbocycles. The first-order valence-electron chi connectivity index (χ1n) is 14.5. The molecule has 0 amide bonds. The first kappa shape index (κ1) is 35.2. The van der Waals surface area contributed by atoms with Crippen LogP contribution in [0.15, 0.2) is 60.7 Å². The number of esters is 3. The van der Waals surface area contributed by atoms with Gasteiger partial charge in [0.2, 0.25) is 0 Å². The summed E-state index contributed by atoms with van der Waals surface area (Å²) in [6.07, 6.45) is -3.77. The van der Waals surface area contributed by atoms with E-state index in [1.165, 1.54) is 20.8 Å². The molecule has 1 heterocycles. The van der Waals surface area contributed by atoms with Gasteiger partial charge in [-0.25, -0.2) is 0 Å². The van der Waals surface area contributed by atoms with E-state index in [9.17, 15) is 14.4 Å². The quantitative estimate of drug-likeness (QED) is 0.0746. The number of carbonyl (C=O) groups excluding carboxylic acids is 3. The summed E-state index contributed by atoms with van der Waals surface area (Å²) >= 11 is 2.29. The van der Waals surface area contributed by atoms with Crippen LogP contribution in [0.25, 0.3) is 0 Å². The molecule has 0 unspecified atom stereocenters. The summed E-state index contributed by atoms with van der Waals surface area (Å²) in [6, 6.07) is 20.2. The second-order valence-electron chi connectivity index (χ2n) is 11.5. The molecular weight excluding hydrogens is 683 g/mol. The van der Waals surface area contributed by atoms with Crippen molar-refractivity contribution in [1.82, 2.24) is 0 Å². The van der Waals surface area contributed by atoms with E-state index < -0.39 is 56.9 Å². The van der Waals surface area contributed by atoms with Gasteiger partial charge in [-0.15, -0.1) is 0 Å². The van der Waals surface area contributed by atoms with Crippen LogP contribution in [0.1, 0.15) is 54.4 Å². The lowest BCUT2D eigenvalue weighted by Crippen LogP contribution is -2.69. The first-order chi connectivity index (χ1) is 20.4. The highest BCUT2D eigenvalue weighted by Crippen LogP contribution is 2.38. The normalized spacial score (nSPS) is 22.4. The Morgan fingerprint density at radius 2 is 1.26 bits per heavy atom. The molecule has 0 bridgehead atoms. The molecule has 3 rings (SSSR count). The van der Waals surface area contributed by atoms with E-state index in [-0.39, 0.29) is 11.6 Å². The molecule has 1 aliphatic heterocycles. The van der Waals surface area contributed by atoms with Crippen LogP contribution in [0, 0.1) is 0 Å². The number of rotatable bonds is 13. The number of hydrogen-bond donors (Lipinski definition) is 0. The van der Waals surface area contributed by atoms with Crippen molar-refractivity contribution in [2.24, 2.45) is 0 Å². The second kappa shape index (κ2) is 16.1. The molecule has 9 nitrogen and oxygen atoms in total.